The second-order valence-corrected chi connectivity index (χ2v) is 5.62. The molecule has 0 bridgehead atoms. The number of hydrogen-bond acceptors (Lipinski definition) is 6. The van der Waals surface area contributed by atoms with Crippen LogP contribution < -0.4 is 10.6 Å². The van der Waals surface area contributed by atoms with Crippen LogP contribution in [-0.4, -0.2) is 61.3 Å². The molecule has 2 amide bonds. The molecule has 2 aliphatic rings. The Labute approximate surface area is 128 Å². The molecule has 0 aromatic carbocycles. The smallest absolute Gasteiger partial charge is 0.276 e. The number of morpholine rings is 1. The zero-order valence-electron chi connectivity index (χ0n) is 12.4. The number of amides is 2. The highest BCUT2D eigenvalue weighted by atomic mass is 16.5. The lowest BCUT2D eigenvalue weighted by atomic mass is 9.96. The van der Waals surface area contributed by atoms with Crippen LogP contribution in [0, 0.1) is 5.92 Å². The van der Waals surface area contributed by atoms with Crippen molar-refractivity contribution in [1.82, 2.24) is 10.1 Å². The normalized spacial score (nSPS) is 20.2. The molecule has 2 fully saturated rings. The van der Waals surface area contributed by atoms with Crippen LogP contribution in [-0.2, 0) is 9.53 Å². The van der Waals surface area contributed by atoms with Gasteiger partial charge in [-0.25, -0.2) is 0 Å². The van der Waals surface area contributed by atoms with Gasteiger partial charge in [-0.3, -0.25) is 9.59 Å². The Bertz CT molecular complexity index is 545. The van der Waals surface area contributed by atoms with Gasteiger partial charge in [0.2, 0.25) is 11.8 Å². The minimum atomic E-state index is -0.289. The molecule has 8 heteroatoms. The second-order valence-electron chi connectivity index (χ2n) is 5.62. The summed E-state index contributed by atoms with van der Waals surface area (Å²) in [5, 5.41) is 3.88. The Kier molecular flexibility index (Phi) is 4.28. The number of hydrogen-bond donors (Lipinski definition) is 1. The van der Waals surface area contributed by atoms with Gasteiger partial charge in [0, 0.05) is 38.2 Å². The minimum absolute atomic E-state index is 0.134. The van der Waals surface area contributed by atoms with Crippen molar-refractivity contribution in [3.05, 3.63) is 11.8 Å². The minimum Gasteiger partial charge on any atom is -0.378 e. The van der Waals surface area contributed by atoms with E-state index in [9.17, 15) is 9.59 Å². The van der Waals surface area contributed by atoms with Gasteiger partial charge in [-0.2, -0.15) is 0 Å². The standard InChI is InChI=1S/C14H20N4O4/c15-13(19)10-1-3-18(4-2-10)14(20)11-9-12(22-16-11)17-5-7-21-8-6-17/h9-10H,1-8H2,(H2,15,19). The predicted octanol–water partition coefficient (Wildman–Crippen LogP) is -0.151. The molecule has 0 aliphatic carbocycles. The quantitative estimate of drug-likeness (QED) is 0.833. The molecule has 3 rings (SSSR count). The van der Waals surface area contributed by atoms with Gasteiger partial charge in [-0.1, -0.05) is 5.16 Å². The van der Waals surface area contributed by atoms with Gasteiger partial charge in [-0.05, 0) is 12.8 Å². The van der Waals surface area contributed by atoms with Crippen molar-refractivity contribution in [1.29, 1.82) is 0 Å². The molecule has 0 spiro atoms. The van der Waals surface area contributed by atoms with E-state index < -0.39 is 0 Å². The Balaban J connectivity index is 1.61. The molecule has 0 unspecified atom stereocenters. The second kappa shape index (κ2) is 6.35. The first-order valence-electron chi connectivity index (χ1n) is 7.53. The molecular weight excluding hydrogens is 288 g/mol. The fourth-order valence-corrected chi connectivity index (χ4v) is 2.83. The van der Waals surface area contributed by atoms with E-state index in [0.29, 0.717) is 50.7 Å². The van der Waals surface area contributed by atoms with Gasteiger partial charge in [0.05, 0.1) is 13.2 Å². The largest absolute Gasteiger partial charge is 0.378 e. The molecule has 0 radical (unpaired) electrons. The Morgan fingerprint density at radius 3 is 2.50 bits per heavy atom. The van der Waals surface area contributed by atoms with E-state index in [1.807, 2.05) is 4.90 Å². The number of likely N-dealkylation sites (tertiary alicyclic amines) is 1. The molecule has 3 heterocycles. The first-order chi connectivity index (χ1) is 10.6. The SMILES string of the molecule is NC(=O)C1CCN(C(=O)c2cc(N3CCOCC3)on2)CC1. The van der Waals surface area contributed by atoms with E-state index in [0.717, 1.165) is 13.1 Å². The van der Waals surface area contributed by atoms with Crippen LogP contribution in [0.5, 0.6) is 0 Å². The van der Waals surface area contributed by atoms with Gasteiger partial charge in [0.25, 0.3) is 5.91 Å². The summed E-state index contributed by atoms with van der Waals surface area (Å²) in [7, 11) is 0. The highest BCUT2D eigenvalue weighted by Crippen LogP contribution is 2.21. The molecule has 2 aliphatic heterocycles. The summed E-state index contributed by atoms with van der Waals surface area (Å²) in [4.78, 5) is 27.3. The summed E-state index contributed by atoms with van der Waals surface area (Å²) in [6, 6.07) is 1.67. The number of nitrogens with two attached hydrogens (primary N) is 1. The van der Waals surface area contributed by atoms with Crippen LogP contribution in [0.15, 0.2) is 10.6 Å². The maximum atomic E-state index is 12.4. The van der Waals surface area contributed by atoms with Crippen molar-refractivity contribution >= 4 is 17.7 Å². The predicted molar refractivity (Wildman–Crippen MR) is 77.4 cm³/mol. The Hall–Kier alpha value is -2.09. The van der Waals surface area contributed by atoms with E-state index in [-0.39, 0.29) is 17.7 Å². The Morgan fingerprint density at radius 1 is 1.18 bits per heavy atom. The molecule has 120 valence electrons. The van der Waals surface area contributed by atoms with Crippen LogP contribution in [0.3, 0.4) is 0 Å². The number of carbonyl (C=O) groups is 2. The van der Waals surface area contributed by atoms with E-state index in [2.05, 4.69) is 5.16 Å². The molecule has 0 atom stereocenters. The number of primary amides is 1. The topological polar surface area (TPSA) is 102 Å². The van der Waals surface area contributed by atoms with Gasteiger partial charge in [0.15, 0.2) is 5.69 Å². The third-order valence-corrected chi connectivity index (χ3v) is 4.22. The zero-order chi connectivity index (χ0) is 15.5. The van der Waals surface area contributed by atoms with Crippen molar-refractivity contribution < 1.29 is 18.8 Å². The van der Waals surface area contributed by atoms with Crippen LogP contribution in [0.4, 0.5) is 5.88 Å². The van der Waals surface area contributed by atoms with Gasteiger partial charge in [-0.15, -0.1) is 0 Å². The molecule has 0 saturated carbocycles. The van der Waals surface area contributed by atoms with Crippen molar-refractivity contribution in [3.63, 3.8) is 0 Å². The number of rotatable bonds is 3. The molecule has 1 aromatic rings. The van der Waals surface area contributed by atoms with Crippen LogP contribution >= 0.6 is 0 Å². The van der Waals surface area contributed by atoms with E-state index in [1.54, 1.807) is 11.0 Å². The van der Waals surface area contributed by atoms with Gasteiger partial charge in [0.1, 0.15) is 0 Å². The average molecular weight is 308 g/mol. The highest BCUT2D eigenvalue weighted by Gasteiger charge is 2.28. The summed E-state index contributed by atoms with van der Waals surface area (Å²) >= 11 is 0. The van der Waals surface area contributed by atoms with Gasteiger partial charge >= 0.3 is 0 Å². The summed E-state index contributed by atoms with van der Waals surface area (Å²) in [5.74, 6) is 0.0123. The monoisotopic (exact) mass is 308 g/mol. The summed E-state index contributed by atoms with van der Waals surface area (Å²) < 4.78 is 10.6. The first-order valence-corrected chi connectivity index (χ1v) is 7.53. The fraction of sp³-hybridized carbons (Fsp3) is 0.643. The van der Waals surface area contributed by atoms with E-state index in [4.69, 9.17) is 15.0 Å². The molecule has 2 saturated heterocycles. The van der Waals surface area contributed by atoms with Gasteiger partial charge < -0.3 is 24.8 Å². The van der Waals surface area contributed by atoms with Crippen LogP contribution in [0.25, 0.3) is 0 Å². The van der Waals surface area contributed by atoms with Crippen LogP contribution in [0.2, 0.25) is 0 Å². The molecular formula is C14H20N4O4. The lowest BCUT2D eigenvalue weighted by Gasteiger charge is -2.29. The number of piperidine rings is 1. The maximum absolute atomic E-state index is 12.4. The maximum Gasteiger partial charge on any atom is 0.276 e. The van der Waals surface area contributed by atoms with Crippen LogP contribution in [0.1, 0.15) is 23.3 Å². The summed E-state index contributed by atoms with van der Waals surface area (Å²) in [6.07, 6.45) is 1.21. The highest BCUT2D eigenvalue weighted by molar-refractivity contribution is 5.93. The Morgan fingerprint density at radius 2 is 1.86 bits per heavy atom. The number of nitrogens with zero attached hydrogens (tertiary/aromatic N) is 3. The van der Waals surface area contributed by atoms with E-state index in [1.165, 1.54) is 0 Å². The molecule has 8 nitrogen and oxygen atoms in total. The number of anilines is 1. The lowest BCUT2D eigenvalue weighted by molar-refractivity contribution is -0.123. The van der Waals surface area contributed by atoms with Crippen molar-refractivity contribution in [2.24, 2.45) is 11.7 Å². The zero-order valence-corrected chi connectivity index (χ0v) is 12.4. The first kappa shape index (κ1) is 14.8. The number of ether oxygens (including phenoxy) is 1. The number of aromatic nitrogens is 1. The lowest BCUT2D eigenvalue weighted by Crippen LogP contribution is -2.41. The molecule has 2 N–H and O–H groups in total. The number of carbonyl (C=O) groups excluding carboxylic acids is 2. The van der Waals surface area contributed by atoms with Crippen molar-refractivity contribution in [2.75, 3.05) is 44.3 Å². The van der Waals surface area contributed by atoms with Crippen molar-refractivity contribution in [2.45, 2.75) is 12.8 Å². The summed E-state index contributed by atoms with van der Waals surface area (Å²) in [5.41, 5.74) is 5.60. The third-order valence-electron chi connectivity index (χ3n) is 4.22. The third kappa shape index (κ3) is 3.06. The fourth-order valence-electron chi connectivity index (χ4n) is 2.83. The molecule has 22 heavy (non-hydrogen) atoms. The average Bonchev–Trinajstić information content (AvgIpc) is 3.05. The summed E-state index contributed by atoms with van der Waals surface area (Å²) in [6.45, 7) is 3.78. The van der Waals surface area contributed by atoms with E-state index >= 15 is 0 Å². The molecule has 1 aromatic heterocycles. The van der Waals surface area contributed by atoms with Crippen molar-refractivity contribution in [3.8, 4) is 0 Å².